The third-order valence-electron chi connectivity index (χ3n) is 6.39. The van der Waals surface area contributed by atoms with Crippen molar-refractivity contribution in [1.82, 2.24) is 19.7 Å². The molecular formula is C29H27N5O. The number of carbonyl (C=O) groups is 1. The second kappa shape index (κ2) is 8.80. The summed E-state index contributed by atoms with van der Waals surface area (Å²) in [6.45, 7) is 10.1. The average Bonchev–Trinajstić information content (AvgIpc) is 3.23. The first-order valence-corrected chi connectivity index (χ1v) is 11.6. The van der Waals surface area contributed by atoms with E-state index in [4.69, 9.17) is 0 Å². The minimum atomic E-state index is -0.261. The molecule has 2 aromatic heterocycles. The molecule has 0 fully saturated rings. The second-order valence-corrected chi connectivity index (χ2v) is 9.07. The predicted molar refractivity (Wildman–Crippen MR) is 140 cm³/mol. The summed E-state index contributed by atoms with van der Waals surface area (Å²) in [5, 5.41) is 9.80. The lowest BCUT2D eigenvalue weighted by Crippen LogP contribution is -2.18. The molecule has 2 heterocycles. The molecule has 1 amide bonds. The lowest BCUT2D eigenvalue weighted by atomic mass is 10.00. The molecule has 3 aromatic carbocycles. The summed E-state index contributed by atoms with van der Waals surface area (Å²) in [4.78, 5) is 22.4. The molecule has 0 aliphatic carbocycles. The van der Waals surface area contributed by atoms with Gasteiger partial charge in [-0.15, -0.1) is 0 Å². The van der Waals surface area contributed by atoms with Crippen LogP contribution in [0.5, 0.6) is 0 Å². The summed E-state index contributed by atoms with van der Waals surface area (Å²) in [6, 6.07) is 18.3. The molecule has 0 spiro atoms. The largest absolute Gasteiger partial charge is 0.320 e. The summed E-state index contributed by atoms with van der Waals surface area (Å²) in [5.74, 6) is 0.0883. The van der Waals surface area contributed by atoms with Crippen LogP contribution in [0.4, 0.5) is 5.69 Å². The molecule has 0 unspecified atom stereocenters. The minimum absolute atomic E-state index is 0.261. The van der Waals surface area contributed by atoms with Crippen molar-refractivity contribution < 1.29 is 4.79 Å². The molecule has 0 radical (unpaired) electrons. The van der Waals surface area contributed by atoms with Crippen molar-refractivity contribution in [3.05, 3.63) is 101 Å². The molecule has 0 saturated carbocycles. The van der Waals surface area contributed by atoms with E-state index in [0.29, 0.717) is 17.3 Å². The summed E-state index contributed by atoms with van der Waals surface area (Å²) in [5.41, 5.74) is 8.47. The molecule has 0 atom stereocenters. The van der Waals surface area contributed by atoms with Gasteiger partial charge in [-0.1, -0.05) is 36.4 Å². The summed E-state index contributed by atoms with van der Waals surface area (Å²) < 4.78 is 1.50. The molecule has 5 rings (SSSR count). The van der Waals surface area contributed by atoms with Crippen molar-refractivity contribution in [3.8, 4) is 17.1 Å². The van der Waals surface area contributed by atoms with Gasteiger partial charge in [0.15, 0.2) is 0 Å². The zero-order chi connectivity index (χ0) is 24.7. The predicted octanol–water partition coefficient (Wildman–Crippen LogP) is 6.28. The molecule has 35 heavy (non-hydrogen) atoms. The van der Waals surface area contributed by atoms with Crippen LogP contribution < -0.4 is 5.32 Å². The van der Waals surface area contributed by atoms with Gasteiger partial charge in [-0.3, -0.25) is 4.79 Å². The highest BCUT2D eigenvalue weighted by molar-refractivity contribution is 6.05. The van der Waals surface area contributed by atoms with Gasteiger partial charge in [0.1, 0.15) is 5.69 Å². The Bertz CT molecular complexity index is 1580. The van der Waals surface area contributed by atoms with Gasteiger partial charge in [0.2, 0.25) is 0 Å². The summed E-state index contributed by atoms with van der Waals surface area (Å²) >= 11 is 0. The quantitative estimate of drug-likeness (QED) is 0.342. The number of fused-ring (bicyclic) bond motifs is 1. The first kappa shape index (κ1) is 22.5. The number of aryl methyl sites for hydroxylation is 5. The Morgan fingerprint density at radius 3 is 2.09 bits per heavy atom. The maximum Gasteiger partial charge on any atom is 0.274 e. The number of aromatic nitrogens is 4. The number of anilines is 1. The van der Waals surface area contributed by atoms with Crippen molar-refractivity contribution in [1.29, 1.82) is 0 Å². The number of carbonyl (C=O) groups excluding carboxylic acids is 1. The Balaban J connectivity index is 1.46. The van der Waals surface area contributed by atoms with Gasteiger partial charge in [-0.2, -0.15) is 9.78 Å². The van der Waals surface area contributed by atoms with Crippen molar-refractivity contribution >= 4 is 22.4 Å². The number of rotatable bonds is 4. The van der Waals surface area contributed by atoms with E-state index in [-0.39, 0.29) is 5.91 Å². The van der Waals surface area contributed by atoms with Crippen LogP contribution in [0.25, 0.3) is 27.8 Å². The Kier molecular flexibility index (Phi) is 5.65. The maximum atomic E-state index is 13.3. The van der Waals surface area contributed by atoms with E-state index < -0.39 is 0 Å². The zero-order valence-corrected chi connectivity index (χ0v) is 20.5. The molecule has 0 saturated heterocycles. The summed E-state index contributed by atoms with van der Waals surface area (Å²) in [6.07, 6.45) is 3.53. The van der Waals surface area contributed by atoms with Gasteiger partial charge in [-0.25, -0.2) is 9.97 Å². The van der Waals surface area contributed by atoms with Crippen molar-refractivity contribution in [2.45, 2.75) is 34.6 Å². The van der Waals surface area contributed by atoms with Gasteiger partial charge in [0, 0.05) is 23.6 Å². The van der Waals surface area contributed by atoms with E-state index in [1.807, 2.05) is 38.1 Å². The molecule has 5 aromatic rings. The van der Waals surface area contributed by atoms with E-state index in [1.165, 1.54) is 15.8 Å². The van der Waals surface area contributed by atoms with Crippen LogP contribution in [0.15, 0.2) is 67.0 Å². The maximum absolute atomic E-state index is 13.3. The number of hydrogen-bond donors (Lipinski definition) is 1. The van der Waals surface area contributed by atoms with E-state index in [9.17, 15) is 4.79 Å². The number of nitrogens with zero attached hydrogens (tertiary/aromatic N) is 4. The number of benzene rings is 3. The van der Waals surface area contributed by atoms with Crippen LogP contribution >= 0.6 is 0 Å². The fourth-order valence-corrected chi connectivity index (χ4v) is 4.29. The smallest absolute Gasteiger partial charge is 0.274 e. The van der Waals surface area contributed by atoms with Crippen LogP contribution in [-0.4, -0.2) is 25.7 Å². The lowest BCUT2D eigenvalue weighted by Gasteiger charge is -2.12. The van der Waals surface area contributed by atoms with Gasteiger partial charge in [0.25, 0.3) is 11.9 Å². The first-order valence-electron chi connectivity index (χ1n) is 11.6. The van der Waals surface area contributed by atoms with Crippen LogP contribution in [0.1, 0.15) is 38.4 Å². The molecule has 6 nitrogen and oxygen atoms in total. The highest BCUT2D eigenvalue weighted by Crippen LogP contribution is 2.27. The second-order valence-electron chi connectivity index (χ2n) is 9.07. The molecule has 0 bridgehead atoms. The third-order valence-corrected chi connectivity index (χ3v) is 6.39. The SMILES string of the molecule is Cc1cc(C(=O)Nc2cc3cc(C)c(C)cc3cc2C)n(-c2ncc(-c3ccccc3C)cn2)n1. The lowest BCUT2D eigenvalue weighted by molar-refractivity contribution is 0.101. The molecule has 174 valence electrons. The number of nitrogens with one attached hydrogen (secondary N) is 1. The molecule has 0 aliphatic heterocycles. The van der Waals surface area contributed by atoms with Crippen LogP contribution in [0.2, 0.25) is 0 Å². The Morgan fingerprint density at radius 2 is 1.40 bits per heavy atom. The van der Waals surface area contributed by atoms with Gasteiger partial charge < -0.3 is 5.32 Å². The molecule has 1 N–H and O–H groups in total. The Hall–Kier alpha value is -4.32. The molecular weight excluding hydrogens is 434 g/mol. The van der Waals surface area contributed by atoms with Crippen molar-refractivity contribution in [2.75, 3.05) is 5.32 Å². The van der Waals surface area contributed by atoms with Gasteiger partial charge in [0.05, 0.1) is 5.69 Å². The third kappa shape index (κ3) is 4.30. The monoisotopic (exact) mass is 461 g/mol. The first-order chi connectivity index (χ1) is 16.8. The fourth-order valence-electron chi connectivity index (χ4n) is 4.29. The number of amides is 1. The Labute approximate surface area is 204 Å². The standard InChI is InChI=1S/C29H27N5O/c1-17-8-6-7-9-25(17)24-15-30-29(31-16-24)34-27(13-21(5)33-34)28(35)32-26-14-23-11-19(3)18(2)10-22(23)12-20(26)4/h6-16H,1-5H3,(H,32,35). The van der Waals surface area contributed by atoms with E-state index in [2.05, 4.69) is 65.4 Å². The fraction of sp³-hybridized carbons (Fsp3) is 0.172. The number of hydrogen-bond acceptors (Lipinski definition) is 4. The molecule has 6 heteroatoms. The Morgan fingerprint density at radius 1 is 0.771 bits per heavy atom. The van der Waals surface area contributed by atoms with Crippen molar-refractivity contribution in [2.24, 2.45) is 0 Å². The summed E-state index contributed by atoms with van der Waals surface area (Å²) in [7, 11) is 0. The van der Waals surface area contributed by atoms with Crippen LogP contribution in [0.3, 0.4) is 0 Å². The zero-order valence-electron chi connectivity index (χ0n) is 20.5. The van der Waals surface area contributed by atoms with E-state index >= 15 is 0 Å². The van der Waals surface area contributed by atoms with E-state index in [0.717, 1.165) is 38.7 Å². The van der Waals surface area contributed by atoms with Crippen LogP contribution in [-0.2, 0) is 0 Å². The van der Waals surface area contributed by atoms with Gasteiger partial charge in [-0.05, 0) is 91.4 Å². The topological polar surface area (TPSA) is 72.7 Å². The van der Waals surface area contributed by atoms with Gasteiger partial charge >= 0.3 is 0 Å². The highest BCUT2D eigenvalue weighted by Gasteiger charge is 2.18. The minimum Gasteiger partial charge on any atom is -0.320 e. The van der Waals surface area contributed by atoms with E-state index in [1.54, 1.807) is 18.5 Å². The van der Waals surface area contributed by atoms with Crippen LogP contribution in [0, 0.1) is 34.6 Å². The highest BCUT2D eigenvalue weighted by atomic mass is 16.2. The van der Waals surface area contributed by atoms with Crippen molar-refractivity contribution in [3.63, 3.8) is 0 Å². The normalized spacial score (nSPS) is 11.1. The molecule has 0 aliphatic rings. The average molecular weight is 462 g/mol.